The number of ether oxygens (including phenoxy) is 3. The second-order valence-electron chi connectivity index (χ2n) is 5.30. The molecule has 0 unspecified atom stereocenters. The quantitative estimate of drug-likeness (QED) is 0.396. The van der Waals surface area contributed by atoms with Crippen molar-refractivity contribution in [2.75, 3.05) is 14.2 Å². The fourth-order valence-corrected chi connectivity index (χ4v) is 2.47. The third kappa shape index (κ3) is 4.53. The second kappa shape index (κ2) is 8.89. The summed E-state index contributed by atoms with van der Waals surface area (Å²) in [6, 6.07) is 8.35. The van der Waals surface area contributed by atoms with Crippen molar-refractivity contribution in [3.63, 3.8) is 0 Å². The summed E-state index contributed by atoms with van der Waals surface area (Å²) < 4.78 is 15.2. The van der Waals surface area contributed by atoms with Gasteiger partial charge < -0.3 is 29.5 Å². The smallest absolute Gasteiger partial charge is 0.493 e. The topological polar surface area (TPSA) is 105 Å². The van der Waals surface area contributed by atoms with E-state index in [0.717, 1.165) is 5.56 Å². The van der Waals surface area contributed by atoms with Gasteiger partial charge in [-0.2, -0.15) is 0 Å². The van der Waals surface area contributed by atoms with Gasteiger partial charge >= 0.3 is 6.16 Å². The molecule has 0 spiro atoms. The van der Waals surface area contributed by atoms with E-state index in [0.29, 0.717) is 28.2 Å². The van der Waals surface area contributed by atoms with Crippen LogP contribution in [0.4, 0.5) is 4.79 Å². The summed E-state index contributed by atoms with van der Waals surface area (Å²) in [5.74, 6) is 1.03. The van der Waals surface area contributed by atoms with Gasteiger partial charge in [0.1, 0.15) is 5.75 Å². The lowest BCUT2D eigenvalue weighted by atomic mass is 10.1. The fraction of sp³-hybridized carbons (Fsp3) is 0.211. The molecule has 7 heteroatoms. The Morgan fingerprint density at radius 3 is 2.15 bits per heavy atom. The Balaban J connectivity index is 2.36. The molecule has 0 amide bonds. The van der Waals surface area contributed by atoms with Gasteiger partial charge in [-0.1, -0.05) is 24.3 Å². The summed E-state index contributed by atoms with van der Waals surface area (Å²) >= 11 is 0. The molecule has 0 saturated carbocycles. The Kier molecular flexibility index (Phi) is 6.60. The Morgan fingerprint density at radius 2 is 1.58 bits per heavy atom. The molecule has 0 saturated heterocycles. The van der Waals surface area contributed by atoms with Crippen LogP contribution in [-0.2, 0) is 13.2 Å². The Bertz CT molecular complexity index is 787. The highest BCUT2D eigenvalue weighted by Gasteiger charge is 2.11. The first-order chi connectivity index (χ1) is 12.5. The maximum atomic E-state index is 10.8. The van der Waals surface area contributed by atoms with Gasteiger partial charge in [-0.05, 0) is 29.3 Å². The highest BCUT2D eigenvalue weighted by Crippen LogP contribution is 2.33. The van der Waals surface area contributed by atoms with Crippen molar-refractivity contribution >= 4 is 18.3 Å². The van der Waals surface area contributed by atoms with Crippen molar-refractivity contribution in [2.24, 2.45) is 0 Å². The number of aliphatic hydroxyl groups excluding tert-OH is 2. The second-order valence-corrected chi connectivity index (χ2v) is 5.30. The van der Waals surface area contributed by atoms with Crippen molar-refractivity contribution in [1.29, 1.82) is 0 Å². The summed E-state index contributed by atoms with van der Waals surface area (Å²) in [7, 11) is 3.01. The van der Waals surface area contributed by atoms with E-state index in [9.17, 15) is 15.0 Å². The van der Waals surface area contributed by atoms with E-state index in [-0.39, 0.29) is 19.0 Å². The highest BCUT2D eigenvalue weighted by molar-refractivity contribution is 5.73. The van der Waals surface area contributed by atoms with Gasteiger partial charge in [0.15, 0.2) is 11.5 Å². The summed E-state index contributed by atoms with van der Waals surface area (Å²) in [6.07, 6.45) is 2.08. The van der Waals surface area contributed by atoms with Crippen molar-refractivity contribution in [1.82, 2.24) is 0 Å². The first-order valence-electron chi connectivity index (χ1n) is 7.70. The molecule has 2 aromatic carbocycles. The maximum absolute atomic E-state index is 10.8. The third-order valence-electron chi connectivity index (χ3n) is 3.68. The van der Waals surface area contributed by atoms with E-state index in [1.165, 1.54) is 20.3 Å². The number of carbonyl (C=O) groups is 1. The molecular weight excluding hydrogens is 340 g/mol. The Morgan fingerprint density at radius 1 is 0.923 bits per heavy atom. The van der Waals surface area contributed by atoms with Crippen molar-refractivity contribution in [3.8, 4) is 17.2 Å². The molecule has 0 aliphatic carbocycles. The van der Waals surface area contributed by atoms with Crippen LogP contribution in [0, 0.1) is 0 Å². The Labute approximate surface area is 150 Å². The number of hydrogen-bond acceptors (Lipinski definition) is 6. The molecule has 0 aromatic heterocycles. The average Bonchev–Trinajstić information content (AvgIpc) is 2.65. The SMILES string of the molecule is COc1cc(/C=C\c2ccc(CO)c(OC(=O)O)c2)cc(CO)c1OC. The van der Waals surface area contributed by atoms with Gasteiger partial charge in [-0.3, -0.25) is 0 Å². The number of benzene rings is 2. The highest BCUT2D eigenvalue weighted by atomic mass is 16.7. The average molecular weight is 360 g/mol. The van der Waals surface area contributed by atoms with Crippen LogP contribution < -0.4 is 14.2 Å². The number of methoxy groups -OCH3 is 2. The van der Waals surface area contributed by atoms with Crippen LogP contribution in [0.2, 0.25) is 0 Å². The van der Waals surface area contributed by atoms with Crippen LogP contribution in [0.25, 0.3) is 12.2 Å². The van der Waals surface area contributed by atoms with Crippen LogP contribution in [0.15, 0.2) is 30.3 Å². The summed E-state index contributed by atoms with van der Waals surface area (Å²) in [6.45, 7) is -0.537. The van der Waals surface area contributed by atoms with E-state index >= 15 is 0 Å². The standard InChI is InChI=1S/C19H20O7/c1-24-17-9-13(7-15(11-21)18(17)25-2)4-3-12-5-6-14(10-20)16(8-12)26-19(22)23/h3-9,20-21H,10-11H2,1-2H3,(H,22,23)/b4-3-. The zero-order valence-electron chi connectivity index (χ0n) is 14.4. The normalized spacial score (nSPS) is 10.8. The molecule has 7 nitrogen and oxygen atoms in total. The minimum absolute atomic E-state index is 0.0745. The molecule has 2 rings (SSSR count). The summed E-state index contributed by atoms with van der Waals surface area (Å²) in [4.78, 5) is 10.8. The molecule has 0 heterocycles. The van der Waals surface area contributed by atoms with Crippen LogP contribution in [-0.4, -0.2) is 35.7 Å². The molecule has 0 bridgehead atoms. The Hall–Kier alpha value is -3.03. The van der Waals surface area contributed by atoms with Gasteiger partial charge in [0, 0.05) is 11.1 Å². The molecule has 3 N–H and O–H groups in total. The summed E-state index contributed by atoms with van der Waals surface area (Å²) in [5.41, 5.74) is 2.40. The monoisotopic (exact) mass is 360 g/mol. The molecule has 0 atom stereocenters. The molecule has 138 valence electrons. The molecule has 2 aromatic rings. The predicted molar refractivity (Wildman–Crippen MR) is 95.4 cm³/mol. The number of hydrogen-bond donors (Lipinski definition) is 3. The van der Waals surface area contributed by atoms with E-state index in [1.54, 1.807) is 36.4 Å². The molecule has 0 aliphatic heterocycles. The zero-order chi connectivity index (χ0) is 19.1. The predicted octanol–water partition coefficient (Wildman–Crippen LogP) is 2.92. The van der Waals surface area contributed by atoms with E-state index in [4.69, 9.17) is 14.6 Å². The number of rotatable bonds is 7. The molecule has 26 heavy (non-hydrogen) atoms. The molecule has 0 aliphatic rings. The largest absolute Gasteiger partial charge is 0.511 e. The maximum Gasteiger partial charge on any atom is 0.511 e. The number of carboxylic acid groups (broad SMARTS) is 1. The van der Waals surface area contributed by atoms with Crippen LogP contribution >= 0.6 is 0 Å². The van der Waals surface area contributed by atoms with E-state index in [1.807, 2.05) is 0 Å². The van der Waals surface area contributed by atoms with Gasteiger partial charge in [-0.25, -0.2) is 4.79 Å². The first kappa shape index (κ1) is 19.3. The molecular formula is C19H20O7. The third-order valence-corrected chi connectivity index (χ3v) is 3.68. The van der Waals surface area contributed by atoms with E-state index < -0.39 is 6.16 Å². The van der Waals surface area contributed by atoms with Crippen molar-refractivity contribution < 1.29 is 34.3 Å². The minimum Gasteiger partial charge on any atom is -0.493 e. The van der Waals surface area contributed by atoms with Gasteiger partial charge in [0.05, 0.1) is 27.4 Å². The van der Waals surface area contributed by atoms with Crippen LogP contribution in [0.1, 0.15) is 22.3 Å². The zero-order valence-corrected chi connectivity index (χ0v) is 14.4. The fourth-order valence-electron chi connectivity index (χ4n) is 2.47. The number of aliphatic hydroxyl groups is 2. The molecule has 0 fully saturated rings. The van der Waals surface area contributed by atoms with Gasteiger partial charge in [0.2, 0.25) is 0 Å². The van der Waals surface area contributed by atoms with Crippen molar-refractivity contribution in [2.45, 2.75) is 13.2 Å². The van der Waals surface area contributed by atoms with Crippen LogP contribution in [0.5, 0.6) is 17.2 Å². The van der Waals surface area contributed by atoms with Crippen LogP contribution in [0.3, 0.4) is 0 Å². The lowest BCUT2D eigenvalue weighted by Crippen LogP contribution is -2.05. The lowest BCUT2D eigenvalue weighted by Gasteiger charge is -2.12. The van der Waals surface area contributed by atoms with Gasteiger partial charge in [0.25, 0.3) is 0 Å². The minimum atomic E-state index is -1.45. The van der Waals surface area contributed by atoms with Crippen molar-refractivity contribution in [3.05, 3.63) is 52.6 Å². The van der Waals surface area contributed by atoms with E-state index in [2.05, 4.69) is 4.74 Å². The lowest BCUT2D eigenvalue weighted by molar-refractivity contribution is 0.143. The summed E-state index contributed by atoms with van der Waals surface area (Å²) in [5, 5.41) is 27.5. The molecule has 0 radical (unpaired) electrons. The van der Waals surface area contributed by atoms with Gasteiger partial charge in [-0.15, -0.1) is 0 Å². The first-order valence-corrected chi connectivity index (χ1v) is 7.70.